The standard InChI is InChI=1S/C16H24N4O2/c1-10-4-14(15(17)21)16(18-11(10)2)20-6-12-5-19(3)7-13(20)9-22-8-12/h4,12-13H,5-9H2,1-3H3,(H2,17,21)/t12-,13-/m0/s1. The molecule has 2 fully saturated rings. The maximum atomic E-state index is 11.9. The van der Waals surface area contributed by atoms with Gasteiger partial charge in [-0.05, 0) is 32.5 Å². The van der Waals surface area contributed by atoms with Gasteiger partial charge in [0.1, 0.15) is 5.82 Å². The highest BCUT2D eigenvalue weighted by Gasteiger charge is 2.34. The predicted octanol–water partition coefficient (Wildman–Crippen LogP) is 0.564. The zero-order valence-corrected chi connectivity index (χ0v) is 13.5. The third-order valence-corrected chi connectivity index (χ3v) is 4.64. The van der Waals surface area contributed by atoms with Crippen LogP contribution in [-0.2, 0) is 4.74 Å². The Bertz CT molecular complexity index is 590. The molecule has 3 rings (SSSR count). The van der Waals surface area contributed by atoms with Crippen molar-refractivity contribution >= 4 is 11.7 Å². The summed E-state index contributed by atoms with van der Waals surface area (Å²) in [6.07, 6.45) is 0. The predicted molar refractivity (Wildman–Crippen MR) is 85.2 cm³/mol. The summed E-state index contributed by atoms with van der Waals surface area (Å²) < 4.78 is 5.80. The van der Waals surface area contributed by atoms with Crippen LogP contribution in [0.5, 0.6) is 0 Å². The summed E-state index contributed by atoms with van der Waals surface area (Å²) in [6.45, 7) is 8.10. The van der Waals surface area contributed by atoms with Crippen molar-refractivity contribution in [1.29, 1.82) is 0 Å². The highest BCUT2D eigenvalue weighted by atomic mass is 16.5. The largest absolute Gasteiger partial charge is 0.379 e. The number of nitrogens with zero attached hydrogens (tertiary/aromatic N) is 3. The summed E-state index contributed by atoms with van der Waals surface area (Å²) in [4.78, 5) is 21.1. The molecule has 2 saturated heterocycles. The van der Waals surface area contributed by atoms with Crippen LogP contribution in [0.4, 0.5) is 5.82 Å². The fourth-order valence-electron chi connectivity index (χ4n) is 3.43. The molecule has 1 aromatic rings. The second kappa shape index (κ2) is 5.85. The van der Waals surface area contributed by atoms with E-state index in [4.69, 9.17) is 15.5 Å². The molecule has 2 bridgehead atoms. The zero-order chi connectivity index (χ0) is 15.9. The van der Waals surface area contributed by atoms with Crippen LogP contribution in [0.2, 0.25) is 0 Å². The van der Waals surface area contributed by atoms with Crippen LogP contribution in [0.15, 0.2) is 6.07 Å². The molecule has 6 nitrogen and oxygen atoms in total. The van der Waals surface area contributed by atoms with Crippen LogP contribution in [0.25, 0.3) is 0 Å². The summed E-state index contributed by atoms with van der Waals surface area (Å²) in [5.74, 6) is 0.715. The number of aromatic nitrogens is 1. The Balaban J connectivity index is 2.05. The molecule has 0 aromatic carbocycles. The van der Waals surface area contributed by atoms with E-state index in [1.54, 1.807) is 0 Å². The smallest absolute Gasteiger partial charge is 0.252 e. The van der Waals surface area contributed by atoms with Crippen LogP contribution in [-0.4, -0.2) is 61.7 Å². The van der Waals surface area contributed by atoms with Gasteiger partial charge in [0, 0.05) is 31.2 Å². The topological polar surface area (TPSA) is 71.7 Å². The van der Waals surface area contributed by atoms with E-state index >= 15 is 0 Å². The van der Waals surface area contributed by atoms with E-state index in [1.165, 1.54) is 0 Å². The number of carbonyl (C=O) groups is 1. The van der Waals surface area contributed by atoms with Crippen molar-refractivity contribution in [2.45, 2.75) is 19.9 Å². The number of amides is 1. The second-order valence-corrected chi connectivity index (χ2v) is 6.56. The van der Waals surface area contributed by atoms with Gasteiger partial charge in [0.25, 0.3) is 5.91 Å². The molecule has 2 atom stereocenters. The number of carbonyl (C=O) groups excluding carboxylic acids is 1. The number of rotatable bonds is 2. The monoisotopic (exact) mass is 304 g/mol. The molecule has 2 aliphatic heterocycles. The van der Waals surface area contributed by atoms with E-state index in [0.29, 0.717) is 23.9 Å². The third kappa shape index (κ3) is 2.80. The quantitative estimate of drug-likeness (QED) is 0.864. The number of likely N-dealkylation sites (N-methyl/N-ethyl adjacent to an activating group) is 1. The molecule has 22 heavy (non-hydrogen) atoms. The van der Waals surface area contributed by atoms with Gasteiger partial charge < -0.3 is 20.3 Å². The zero-order valence-electron chi connectivity index (χ0n) is 13.5. The van der Waals surface area contributed by atoms with E-state index in [0.717, 1.165) is 37.5 Å². The Morgan fingerprint density at radius 3 is 2.82 bits per heavy atom. The van der Waals surface area contributed by atoms with Gasteiger partial charge >= 0.3 is 0 Å². The summed E-state index contributed by atoms with van der Waals surface area (Å²) in [7, 11) is 2.14. The first-order valence-corrected chi connectivity index (χ1v) is 7.76. The molecule has 120 valence electrons. The molecule has 0 unspecified atom stereocenters. The van der Waals surface area contributed by atoms with Gasteiger partial charge in [-0.1, -0.05) is 0 Å². The molecule has 1 aromatic heterocycles. The summed E-state index contributed by atoms with van der Waals surface area (Å²) in [6, 6.07) is 2.06. The number of primary amides is 1. The number of anilines is 1. The maximum Gasteiger partial charge on any atom is 0.252 e. The van der Waals surface area contributed by atoms with Crippen LogP contribution in [0.3, 0.4) is 0 Å². The van der Waals surface area contributed by atoms with Crippen molar-refractivity contribution in [3.8, 4) is 0 Å². The average Bonchev–Trinajstić information content (AvgIpc) is 2.71. The Morgan fingerprint density at radius 1 is 1.32 bits per heavy atom. The number of fused-ring (bicyclic) bond motifs is 3. The normalized spacial score (nSPS) is 25.9. The van der Waals surface area contributed by atoms with Gasteiger partial charge in [-0.3, -0.25) is 4.79 Å². The minimum atomic E-state index is -0.418. The van der Waals surface area contributed by atoms with Gasteiger partial charge in [-0.2, -0.15) is 0 Å². The number of aryl methyl sites for hydroxylation is 2. The molecule has 2 N–H and O–H groups in total. The molecule has 6 heteroatoms. The van der Waals surface area contributed by atoms with E-state index in [2.05, 4.69) is 16.8 Å². The molecule has 3 heterocycles. The first kappa shape index (κ1) is 15.2. The first-order valence-electron chi connectivity index (χ1n) is 7.76. The lowest BCUT2D eigenvalue weighted by atomic mass is 10.1. The molecule has 0 aliphatic carbocycles. The molecular weight excluding hydrogens is 280 g/mol. The fraction of sp³-hybridized carbons (Fsp3) is 0.625. The van der Waals surface area contributed by atoms with Crippen LogP contribution >= 0.6 is 0 Å². The molecule has 0 spiro atoms. The van der Waals surface area contributed by atoms with Crippen molar-refractivity contribution in [1.82, 2.24) is 9.88 Å². The van der Waals surface area contributed by atoms with Gasteiger partial charge in [0.05, 0.1) is 24.8 Å². The van der Waals surface area contributed by atoms with Crippen LogP contribution < -0.4 is 10.6 Å². The van der Waals surface area contributed by atoms with E-state index in [-0.39, 0.29) is 6.04 Å². The van der Waals surface area contributed by atoms with Crippen LogP contribution in [0, 0.1) is 19.8 Å². The molecule has 0 radical (unpaired) electrons. The third-order valence-electron chi connectivity index (χ3n) is 4.64. The van der Waals surface area contributed by atoms with E-state index < -0.39 is 5.91 Å². The van der Waals surface area contributed by atoms with Gasteiger partial charge in [-0.25, -0.2) is 4.98 Å². The number of hydrogen-bond donors (Lipinski definition) is 1. The summed E-state index contributed by atoms with van der Waals surface area (Å²) in [5, 5.41) is 0. The lowest BCUT2D eigenvalue weighted by Crippen LogP contribution is -2.44. The highest BCUT2D eigenvalue weighted by molar-refractivity contribution is 5.98. The maximum absolute atomic E-state index is 11.9. The first-order chi connectivity index (χ1) is 10.5. The highest BCUT2D eigenvalue weighted by Crippen LogP contribution is 2.28. The van der Waals surface area contributed by atoms with E-state index in [1.807, 2.05) is 19.9 Å². The number of ether oxygens (including phenoxy) is 1. The Hall–Kier alpha value is -1.66. The second-order valence-electron chi connectivity index (χ2n) is 6.56. The summed E-state index contributed by atoms with van der Waals surface area (Å²) in [5.41, 5.74) is 8.04. The van der Waals surface area contributed by atoms with Crippen molar-refractivity contribution < 1.29 is 9.53 Å². The Kier molecular flexibility index (Phi) is 4.06. The van der Waals surface area contributed by atoms with Crippen molar-refractivity contribution in [3.05, 3.63) is 22.9 Å². The fourth-order valence-corrected chi connectivity index (χ4v) is 3.43. The SMILES string of the molecule is Cc1cc(C(N)=O)c(N2C[C@H]3COC[C@@H]2CN(C)C3)nc1C. The number of nitrogens with two attached hydrogens (primary N) is 1. The van der Waals surface area contributed by atoms with Crippen molar-refractivity contribution in [2.75, 3.05) is 44.8 Å². The van der Waals surface area contributed by atoms with Gasteiger partial charge in [0.15, 0.2) is 0 Å². The van der Waals surface area contributed by atoms with E-state index in [9.17, 15) is 4.79 Å². The number of pyridine rings is 1. The minimum absolute atomic E-state index is 0.199. The molecule has 0 saturated carbocycles. The molecular formula is C16H24N4O2. The molecule has 1 amide bonds. The minimum Gasteiger partial charge on any atom is -0.379 e. The van der Waals surface area contributed by atoms with Crippen LogP contribution in [0.1, 0.15) is 21.6 Å². The Morgan fingerprint density at radius 2 is 2.09 bits per heavy atom. The van der Waals surface area contributed by atoms with Crippen molar-refractivity contribution in [3.63, 3.8) is 0 Å². The lowest BCUT2D eigenvalue weighted by Gasteiger charge is -2.32. The number of hydrogen-bond acceptors (Lipinski definition) is 5. The Labute approximate surface area is 131 Å². The summed E-state index contributed by atoms with van der Waals surface area (Å²) >= 11 is 0. The van der Waals surface area contributed by atoms with Gasteiger partial charge in [0.2, 0.25) is 0 Å². The molecule has 2 aliphatic rings. The van der Waals surface area contributed by atoms with Crippen molar-refractivity contribution in [2.24, 2.45) is 11.7 Å². The average molecular weight is 304 g/mol. The lowest BCUT2D eigenvalue weighted by molar-refractivity contribution is 0.0724. The van der Waals surface area contributed by atoms with Gasteiger partial charge in [-0.15, -0.1) is 0 Å².